The van der Waals surface area contributed by atoms with Crippen molar-refractivity contribution in [2.24, 2.45) is 0 Å². The van der Waals surface area contributed by atoms with E-state index in [0.29, 0.717) is 6.21 Å². The molecule has 0 radical (unpaired) electrons. The van der Waals surface area contributed by atoms with E-state index in [1.165, 1.54) is 0 Å². The van der Waals surface area contributed by atoms with Crippen molar-refractivity contribution in [2.75, 3.05) is 13.2 Å². The second-order valence-corrected chi connectivity index (χ2v) is 1.26. The van der Waals surface area contributed by atoms with Gasteiger partial charge in [0.2, 0.25) is 0 Å². The summed E-state index contributed by atoms with van der Waals surface area (Å²) in [6, 6.07) is 1.70. The Morgan fingerprint density at radius 2 is 2.56 bits per heavy atom. The molecule has 0 atom stereocenters. The number of carbonyl (C=O) groups is 1. The number of ketones is 1. The van der Waals surface area contributed by atoms with Crippen LogP contribution >= 0.6 is 0 Å². The van der Waals surface area contributed by atoms with E-state index >= 15 is 0 Å². The maximum Gasteiger partial charge on any atom is 0.198 e. The van der Waals surface area contributed by atoms with Crippen LogP contribution in [0, 0.1) is 16.7 Å². The molecule has 4 heteroatoms. The van der Waals surface area contributed by atoms with Gasteiger partial charge in [-0.15, -0.1) is 0 Å². The van der Waals surface area contributed by atoms with Gasteiger partial charge in [0.1, 0.15) is 13.2 Å². The molecule has 0 aromatic rings. The van der Waals surface area contributed by atoms with Gasteiger partial charge in [0.25, 0.3) is 0 Å². The number of nitriles is 1. The summed E-state index contributed by atoms with van der Waals surface area (Å²) in [5.41, 5.74) is 0. The third kappa shape index (κ3) is 4.65. The quantitative estimate of drug-likeness (QED) is 0.416. The Labute approximate surface area is 52.6 Å². The summed E-state index contributed by atoms with van der Waals surface area (Å²) in [6.45, 7) is -0.267. The highest BCUT2D eigenvalue weighted by Crippen LogP contribution is 1.71. The highest BCUT2D eigenvalue weighted by molar-refractivity contribution is 6.26. The van der Waals surface area contributed by atoms with E-state index in [1.807, 2.05) is 0 Å². The van der Waals surface area contributed by atoms with Gasteiger partial charge in [0, 0.05) is 0 Å². The summed E-state index contributed by atoms with van der Waals surface area (Å²) in [5.74, 6) is -0.426. The number of nitrogens with one attached hydrogen (secondary N) is 1. The molecule has 48 valence electrons. The lowest BCUT2D eigenvalue weighted by atomic mass is 10.5. The highest BCUT2D eigenvalue weighted by Gasteiger charge is 1.93. The van der Waals surface area contributed by atoms with Gasteiger partial charge in [-0.1, -0.05) is 0 Å². The number of nitrogens with zero attached hydrogens (tertiary/aromatic N) is 1. The van der Waals surface area contributed by atoms with E-state index in [2.05, 4.69) is 4.74 Å². The third-order valence-electron chi connectivity index (χ3n) is 0.572. The number of hydrogen-bond acceptors (Lipinski definition) is 4. The molecule has 1 N–H and O–H groups in total. The minimum Gasteiger partial charge on any atom is -0.358 e. The van der Waals surface area contributed by atoms with Gasteiger partial charge < -0.3 is 10.1 Å². The van der Waals surface area contributed by atoms with Gasteiger partial charge in [-0.2, -0.15) is 5.26 Å². The second kappa shape index (κ2) is 4.94. The van der Waals surface area contributed by atoms with E-state index in [1.54, 1.807) is 6.07 Å². The molecular formula is C5H6N2O2. The molecule has 0 aromatic carbocycles. The monoisotopic (exact) mass is 126 g/mol. The molecule has 9 heavy (non-hydrogen) atoms. The van der Waals surface area contributed by atoms with Gasteiger partial charge >= 0.3 is 0 Å². The van der Waals surface area contributed by atoms with Gasteiger partial charge in [0.15, 0.2) is 5.78 Å². The summed E-state index contributed by atoms with van der Waals surface area (Å²) >= 11 is 0. The van der Waals surface area contributed by atoms with Crippen LogP contribution < -0.4 is 0 Å². The third-order valence-corrected chi connectivity index (χ3v) is 0.572. The van der Waals surface area contributed by atoms with Crippen molar-refractivity contribution >= 4 is 12.0 Å². The van der Waals surface area contributed by atoms with E-state index in [9.17, 15) is 4.79 Å². The van der Waals surface area contributed by atoms with Gasteiger partial charge in [-0.05, 0) is 0 Å². The number of ether oxygens (including phenoxy) is 1. The van der Waals surface area contributed by atoms with Crippen molar-refractivity contribution in [3.63, 3.8) is 0 Å². The first-order valence-electron chi connectivity index (χ1n) is 2.29. The van der Waals surface area contributed by atoms with Crippen LogP contribution in [0.2, 0.25) is 0 Å². The molecule has 0 saturated carbocycles. The zero-order valence-electron chi connectivity index (χ0n) is 4.76. The number of Topliss-reactive ketones (excluding diaryl/α,β-unsaturated/α-hetero) is 1. The molecule has 0 unspecified atom stereocenters. The van der Waals surface area contributed by atoms with E-state index in [0.717, 1.165) is 0 Å². The van der Waals surface area contributed by atoms with Crippen LogP contribution in [0.4, 0.5) is 0 Å². The van der Waals surface area contributed by atoms with E-state index < -0.39 is 5.78 Å². The smallest absolute Gasteiger partial charge is 0.198 e. The Morgan fingerprint density at radius 3 is 3.00 bits per heavy atom. The summed E-state index contributed by atoms with van der Waals surface area (Å²) in [4.78, 5) is 10.2. The van der Waals surface area contributed by atoms with Crippen molar-refractivity contribution in [2.45, 2.75) is 0 Å². The lowest BCUT2D eigenvalue weighted by molar-refractivity contribution is -0.116. The molecule has 0 amide bonds. The van der Waals surface area contributed by atoms with Crippen molar-refractivity contribution < 1.29 is 9.53 Å². The molecule has 0 heterocycles. The summed E-state index contributed by atoms with van der Waals surface area (Å²) in [5, 5.41) is 14.3. The van der Waals surface area contributed by atoms with Crippen LogP contribution in [-0.2, 0) is 9.53 Å². The first kappa shape index (κ1) is 7.79. The van der Waals surface area contributed by atoms with Crippen LogP contribution in [0.15, 0.2) is 0 Å². The first-order valence-corrected chi connectivity index (χ1v) is 2.29. The fourth-order valence-electron chi connectivity index (χ4n) is 0.239. The number of carbonyl (C=O) groups excluding carboxylic acids is 1. The minimum absolute atomic E-state index is 0.0976. The lowest BCUT2D eigenvalue weighted by Gasteiger charge is -1.90. The predicted molar refractivity (Wildman–Crippen MR) is 30.2 cm³/mol. The van der Waals surface area contributed by atoms with E-state index in [-0.39, 0.29) is 13.2 Å². The van der Waals surface area contributed by atoms with Gasteiger partial charge in [-0.3, -0.25) is 4.79 Å². The minimum atomic E-state index is -0.426. The van der Waals surface area contributed by atoms with Crippen LogP contribution in [0.1, 0.15) is 0 Å². The van der Waals surface area contributed by atoms with E-state index in [4.69, 9.17) is 10.7 Å². The molecule has 0 fully saturated rings. The average molecular weight is 126 g/mol. The molecule has 0 bridgehead atoms. The molecule has 0 rings (SSSR count). The highest BCUT2D eigenvalue weighted by atomic mass is 16.5. The van der Waals surface area contributed by atoms with Crippen LogP contribution in [0.25, 0.3) is 0 Å². The summed E-state index contributed by atoms with van der Waals surface area (Å²) in [7, 11) is 0. The standard InChI is InChI=1S/C5H6N2O2/c6-1-2-9-4-5(8)3-7/h3,7H,2,4H2. The molecule has 0 aromatic heterocycles. The topological polar surface area (TPSA) is 73.9 Å². The Kier molecular flexibility index (Phi) is 4.27. The van der Waals surface area contributed by atoms with Gasteiger partial charge in [0.05, 0.1) is 12.3 Å². The first-order chi connectivity index (χ1) is 4.31. The average Bonchev–Trinajstić information content (AvgIpc) is 1.89. The molecule has 4 nitrogen and oxygen atoms in total. The largest absolute Gasteiger partial charge is 0.358 e. The zero-order chi connectivity index (χ0) is 7.11. The normalized spacial score (nSPS) is 7.89. The van der Waals surface area contributed by atoms with Crippen LogP contribution in [0.3, 0.4) is 0 Å². The molecule has 0 aliphatic rings. The Morgan fingerprint density at radius 1 is 1.89 bits per heavy atom. The predicted octanol–water partition coefficient (Wildman–Crippen LogP) is -0.255. The Hall–Kier alpha value is -1.21. The SMILES string of the molecule is N#CCOCC(=O)C=N. The molecule has 0 aliphatic carbocycles. The van der Waals surface area contributed by atoms with Gasteiger partial charge in [-0.25, -0.2) is 0 Å². The Balaban J connectivity index is 3.19. The maximum atomic E-state index is 10.2. The zero-order valence-corrected chi connectivity index (χ0v) is 4.76. The molecule has 0 saturated heterocycles. The number of rotatable bonds is 4. The lowest BCUT2D eigenvalue weighted by Crippen LogP contribution is -2.08. The van der Waals surface area contributed by atoms with Crippen molar-refractivity contribution in [1.29, 1.82) is 10.7 Å². The van der Waals surface area contributed by atoms with Crippen molar-refractivity contribution in [1.82, 2.24) is 0 Å². The van der Waals surface area contributed by atoms with Crippen LogP contribution in [-0.4, -0.2) is 25.2 Å². The maximum absolute atomic E-state index is 10.2. The fraction of sp³-hybridized carbons (Fsp3) is 0.400. The number of hydrogen-bond donors (Lipinski definition) is 1. The molecular weight excluding hydrogens is 120 g/mol. The fourth-order valence-corrected chi connectivity index (χ4v) is 0.239. The molecule has 0 spiro atoms. The van der Waals surface area contributed by atoms with Crippen molar-refractivity contribution in [3.8, 4) is 6.07 Å². The second-order valence-electron chi connectivity index (χ2n) is 1.26. The molecule has 0 aliphatic heterocycles. The summed E-state index contributed by atoms with van der Waals surface area (Å²) in [6.07, 6.45) is 0.664. The van der Waals surface area contributed by atoms with Crippen LogP contribution in [0.5, 0.6) is 0 Å². The summed E-state index contributed by atoms with van der Waals surface area (Å²) < 4.78 is 4.47. The Bertz CT molecular complexity index is 148. The van der Waals surface area contributed by atoms with Crippen molar-refractivity contribution in [3.05, 3.63) is 0 Å².